The third kappa shape index (κ3) is 3.87. The molecule has 0 bridgehead atoms. The molecule has 2 aromatic rings. The van der Waals surface area contributed by atoms with E-state index in [1.165, 1.54) is 6.08 Å². The molecule has 0 aliphatic rings. The van der Waals surface area contributed by atoms with E-state index in [0.717, 1.165) is 16.9 Å². The Morgan fingerprint density at radius 3 is 2.53 bits per heavy atom. The third-order valence-electron chi connectivity index (χ3n) is 2.58. The fraction of sp³-hybridized carbons (Fsp3) is 0.0625. The normalized spacial score (nSPS) is 10.3. The van der Waals surface area contributed by atoms with Crippen LogP contribution < -0.4 is 4.74 Å². The van der Waals surface area contributed by atoms with Crippen LogP contribution in [-0.4, -0.2) is 0 Å². The Labute approximate surface area is 117 Å². The van der Waals surface area contributed by atoms with Crippen molar-refractivity contribution in [2.45, 2.75) is 6.61 Å². The van der Waals surface area contributed by atoms with Crippen LogP contribution >= 0.6 is 11.6 Å². The van der Waals surface area contributed by atoms with Gasteiger partial charge in [0.05, 0.1) is 6.07 Å². The summed E-state index contributed by atoms with van der Waals surface area (Å²) in [5.74, 6) is 0.772. The Balaban J connectivity index is 1.99. The second kappa shape index (κ2) is 6.63. The van der Waals surface area contributed by atoms with Crippen molar-refractivity contribution in [2.24, 2.45) is 0 Å². The summed E-state index contributed by atoms with van der Waals surface area (Å²) in [5, 5.41) is 9.15. The van der Waals surface area contributed by atoms with Crippen LogP contribution in [0.2, 0.25) is 5.02 Å². The van der Waals surface area contributed by atoms with Gasteiger partial charge in [0.1, 0.15) is 12.4 Å². The van der Waals surface area contributed by atoms with Gasteiger partial charge in [0.2, 0.25) is 0 Å². The van der Waals surface area contributed by atoms with Crippen LogP contribution in [0, 0.1) is 11.3 Å². The molecule has 2 nitrogen and oxygen atoms in total. The Kier molecular flexibility index (Phi) is 4.60. The summed E-state index contributed by atoms with van der Waals surface area (Å²) >= 11 is 6.05. The fourth-order valence-electron chi connectivity index (χ4n) is 1.59. The first-order chi connectivity index (χ1) is 9.29. The molecule has 2 aromatic carbocycles. The number of benzene rings is 2. The first kappa shape index (κ1) is 13.2. The zero-order valence-electron chi connectivity index (χ0n) is 10.2. The van der Waals surface area contributed by atoms with Crippen LogP contribution in [0.3, 0.4) is 0 Å². The van der Waals surface area contributed by atoms with E-state index < -0.39 is 0 Å². The topological polar surface area (TPSA) is 33.0 Å². The third-order valence-corrected chi connectivity index (χ3v) is 2.95. The van der Waals surface area contributed by atoms with Crippen molar-refractivity contribution in [1.82, 2.24) is 0 Å². The average molecular weight is 270 g/mol. The standard InChI is InChI=1S/C16H12ClNO/c17-16-6-2-1-5-14(16)12-19-15-9-7-13(8-10-15)4-3-11-18/h1-10H,12H2/b4-3+. The SMILES string of the molecule is N#C/C=C/c1ccc(OCc2ccccc2Cl)cc1. The lowest BCUT2D eigenvalue weighted by Crippen LogP contribution is -1.95. The van der Waals surface area contributed by atoms with Crippen molar-refractivity contribution in [3.8, 4) is 11.8 Å². The van der Waals surface area contributed by atoms with Crippen molar-refractivity contribution >= 4 is 17.7 Å². The molecule has 0 aliphatic heterocycles. The molecule has 0 unspecified atom stereocenters. The van der Waals surface area contributed by atoms with E-state index in [1.807, 2.05) is 54.6 Å². The maximum Gasteiger partial charge on any atom is 0.119 e. The largest absolute Gasteiger partial charge is 0.489 e. The number of allylic oxidation sites excluding steroid dienone is 1. The van der Waals surface area contributed by atoms with E-state index in [0.29, 0.717) is 11.6 Å². The monoisotopic (exact) mass is 269 g/mol. The number of nitriles is 1. The molecule has 94 valence electrons. The number of ether oxygens (including phenoxy) is 1. The lowest BCUT2D eigenvalue weighted by Gasteiger charge is -2.07. The van der Waals surface area contributed by atoms with Crippen molar-refractivity contribution in [1.29, 1.82) is 5.26 Å². The minimum Gasteiger partial charge on any atom is -0.489 e. The summed E-state index contributed by atoms with van der Waals surface area (Å²) in [6.07, 6.45) is 3.19. The second-order valence-electron chi connectivity index (χ2n) is 3.91. The van der Waals surface area contributed by atoms with E-state index in [1.54, 1.807) is 6.08 Å². The van der Waals surface area contributed by atoms with Gasteiger partial charge in [-0.1, -0.05) is 41.9 Å². The molecule has 0 radical (unpaired) electrons. The number of hydrogen-bond acceptors (Lipinski definition) is 2. The van der Waals surface area contributed by atoms with Crippen molar-refractivity contribution < 1.29 is 4.74 Å². The molecule has 0 spiro atoms. The number of halogens is 1. The van der Waals surface area contributed by atoms with Crippen molar-refractivity contribution in [2.75, 3.05) is 0 Å². The molecule has 0 N–H and O–H groups in total. The van der Waals surface area contributed by atoms with E-state index in [4.69, 9.17) is 21.6 Å². The maximum atomic E-state index is 8.44. The summed E-state index contributed by atoms with van der Waals surface area (Å²) in [7, 11) is 0. The van der Waals surface area contributed by atoms with E-state index in [2.05, 4.69) is 0 Å². The number of nitrogens with zero attached hydrogens (tertiary/aromatic N) is 1. The highest BCUT2D eigenvalue weighted by Gasteiger charge is 2.00. The predicted molar refractivity (Wildman–Crippen MR) is 76.9 cm³/mol. The number of hydrogen-bond donors (Lipinski definition) is 0. The van der Waals surface area contributed by atoms with Crippen LogP contribution in [0.15, 0.2) is 54.6 Å². The lowest BCUT2D eigenvalue weighted by molar-refractivity contribution is 0.306. The predicted octanol–water partition coefficient (Wildman–Crippen LogP) is 4.46. The van der Waals surface area contributed by atoms with Crippen LogP contribution in [0.4, 0.5) is 0 Å². The highest BCUT2D eigenvalue weighted by atomic mass is 35.5. The molecule has 0 saturated carbocycles. The molecule has 0 atom stereocenters. The quantitative estimate of drug-likeness (QED) is 0.768. The maximum absolute atomic E-state index is 8.44. The number of rotatable bonds is 4. The van der Waals surface area contributed by atoms with Crippen molar-refractivity contribution in [3.05, 3.63) is 70.8 Å². The molecule has 0 amide bonds. The molecule has 0 aromatic heterocycles. The molecule has 0 heterocycles. The second-order valence-corrected chi connectivity index (χ2v) is 4.32. The summed E-state index contributed by atoms with van der Waals surface area (Å²) in [6, 6.07) is 17.1. The van der Waals surface area contributed by atoms with Crippen LogP contribution in [0.5, 0.6) is 5.75 Å². The van der Waals surface area contributed by atoms with Crippen LogP contribution in [0.1, 0.15) is 11.1 Å². The smallest absolute Gasteiger partial charge is 0.119 e. The van der Waals surface area contributed by atoms with E-state index in [9.17, 15) is 0 Å². The molecule has 0 saturated heterocycles. The summed E-state index contributed by atoms with van der Waals surface area (Å²) in [4.78, 5) is 0. The molecule has 19 heavy (non-hydrogen) atoms. The van der Waals surface area contributed by atoms with Crippen LogP contribution in [0.25, 0.3) is 6.08 Å². The van der Waals surface area contributed by atoms with Gasteiger partial charge in [-0.15, -0.1) is 0 Å². The van der Waals surface area contributed by atoms with E-state index >= 15 is 0 Å². The Morgan fingerprint density at radius 1 is 1.11 bits per heavy atom. The Morgan fingerprint density at radius 2 is 1.84 bits per heavy atom. The zero-order chi connectivity index (χ0) is 13.5. The molecule has 3 heteroatoms. The van der Waals surface area contributed by atoms with Gasteiger partial charge < -0.3 is 4.74 Å². The zero-order valence-corrected chi connectivity index (χ0v) is 11.0. The minimum atomic E-state index is 0.438. The first-order valence-corrected chi connectivity index (χ1v) is 6.20. The lowest BCUT2D eigenvalue weighted by atomic mass is 10.2. The average Bonchev–Trinajstić information content (AvgIpc) is 2.45. The van der Waals surface area contributed by atoms with Gasteiger partial charge in [0.25, 0.3) is 0 Å². The van der Waals surface area contributed by atoms with Gasteiger partial charge in [-0.05, 0) is 29.8 Å². The fourth-order valence-corrected chi connectivity index (χ4v) is 1.78. The molecule has 2 rings (SSSR count). The highest BCUT2D eigenvalue weighted by Crippen LogP contribution is 2.19. The van der Waals surface area contributed by atoms with Gasteiger partial charge in [0.15, 0.2) is 0 Å². The first-order valence-electron chi connectivity index (χ1n) is 5.82. The van der Waals surface area contributed by atoms with Gasteiger partial charge in [-0.2, -0.15) is 5.26 Å². The summed E-state index contributed by atoms with van der Waals surface area (Å²) in [6.45, 7) is 0.438. The van der Waals surface area contributed by atoms with Crippen molar-refractivity contribution in [3.63, 3.8) is 0 Å². The minimum absolute atomic E-state index is 0.438. The molecule has 0 aliphatic carbocycles. The van der Waals surface area contributed by atoms with Gasteiger partial charge >= 0.3 is 0 Å². The van der Waals surface area contributed by atoms with E-state index in [-0.39, 0.29) is 0 Å². The molecular formula is C16H12ClNO. The van der Waals surface area contributed by atoms with Gasteiger partial charge in [0, 0.05) is 16.7 Å². The summed E-state index contributed by atoms with van der Waals surface area (Å²) < 4.78 is 5.66. The Hall–Kier alpha value is -2.24. The molecule has 0 fully saturated rings. The van der Waals surface area contributed by atoms with Crippen LogP contribution in [-0.2, 0) is 6.61 Å². The Bertz CT molecular complexity index is 611. The van der Waals surface area contributed by atoms with Gasteiger partial charge in [-0.3, -0.25) is 0 Å². The molecular weight excluding hydrogens is 258 g/mol. The van der Waals surface area contributed by atoms with Gasteiger partial charge in [-0.25, -0.2) is 0 Å². The summed E-state index contributed by atoms with van der Waals surface area (Å²) in [5.41, 5.74) is 1.92. The highest BCUT2D eigenvalue weighted by molar-refractivity contribution is 6.31.